The third kappa shape index (κ3) is 3.57. The summed E-state index contributed by atoms with van der Waals surface area (Å²) in [5.74, 6) is -0.335. The number of nitrogens with one attached hydrogen (secondary N) is 1. The van der Waals surface area contributed by atoms with Crippen LogP contribution in [0.25, 0.3) is 0 Å². The summed E-state index contributed by atoms with van der Waals surface area (Å²) in [6.45, 7) is 4.00. The highest BCUT2D eigenvalue weighted by Gasteiger charge is 2.11. The van der Waals surface area contributed by atoms with Crippen LogP contribution in [-0.4, -0.2) is 22.7 Å². The van der Waals surface area contributed by atoms with E-state index >= 15 is 0 Å². The minimum Gasteiger partial charge on any atom is -0.395 e. The molecule has 0 amide bonds. The van der Waals surface area contributed by atoms with E-state index in [4.69, 9.17) is 5.11 Å². The number of hydrogen-bond donors (Lipinski definition) is 2. The molecule has 0 aliphatic rings. The molecule has 1 aromatic heterocycles. The predicted octanol–water partition coefficient (Wildman–Crippen LogP) is 1.64. The van der Waals surface area contributed by atoms with Gasteiger partial charge in [-0.3, -0.25) is 4.98 Å². The lowest BCUT2D eigenvalue weighted by atomic mass is 10.1. The quantitative estimate of drug-likeness (QED) is 0.780. The average Bonchev–Trinajstić information content (AvgIpc) is 2.25. The Bertz CT molecular complexity index is 302. The molecular weight excluding hydrogens is 195 g/mol. The van der Waals surface area contributed by atoms with Crippen LogP contribution in [0.15, 0.2) is 18.5 Å². The van der Waals surface area contributed by atoms with Gasteiger partial charge in [-0.15, -0.1) is 0 Å². The molecule has 1 heterocycles. The highest BCUT2D eigenvalue weighted by molar-refractivity contribution is 5.14. The minimum absolute atomic E-state index is 0.00898. The Labute approximate surface area is 89.4 Å². The number of rotatable bonds is 5. The number of aliphatic hydroxyl groups excluding tert-OH is 1. The number of aromatic nitrogens is 1. The van der Waals surface area contributed by atoms with E-state index in [0.717, 1.165) is 12.0 Å². The van der Waals surface area contributed by atoms with Crippen molar-refractivity contribution in [2.75, 3.05) is 6.61 Å². The molecule has 15 heavy (non-hydrogen) atoms. The van der Waals surface area contributed by atoms with Gasteiger partial charge in [0, 0.05) is 18.3 Å². The van der Waals surface area contributed by atoms with E-state index in [2.05, 4.69) is 10.3 Å². The maximum Gasteiger partial charge on any atom is 0.141 e. The lowest BCUT2D eigenvalue weighted by molar-refractivity contribution is 0.230. The first-order valence-electron chi connectivity index (χ1n) is 5.14. The highest BCUT2D eigenvalue weighted by Crippen LogP contribution is 2.13. The fraction of sp³-hybridized carbons (Fsp3) is 0.545. The Hall–Kier alpha value is -1.00. The van der Waals surface area contributed by atoms with Crippen molar-refractivity contribution in [2.24, 2.45) is 0 Å². The molecule has 2 N–H and O–H groups in total. The Balaban J connectivity index is 2.64. The van der Waals surface area contributed by atoms with Gasteiger partial charge in [0.15, 0.2) is 0 Å². The molecule has 2 unspecified atom stereocenters. The largest absolute Gasteiger partial charge is 0.395 e. The van der Waals surface area contributed by atoms with E-state index < -0.39 is 0 Å². The van der Waals surface area contributed by atoms with Gasteiger partial charge in [-0.2, -0.15) is 0 Å². The maximum absolute atomic E-state index is 12.9. The van der Waals surface area contributed by atoms with Crippen molar-refractivity contribution in [1.29, 1.82) is 0 Å². The molecule has 0 saturated heterocycles. The number of pyridine rings is 1. The van der Waals surface area contributed by atoms with Crippen LogP contribution in [0.2, 0.25) is 0 Å². The molecule has 3 nitrogen and oxygen atoms in total. The molecule has 84 valence electrons. The fourth-order valence-corrected chi connectivity index (χ4v) is 1.41. The summed E-state index contributed by atoms with van der Waals surface area (Å²) < 4.78 is 12.9. The van der Waals surface area contributed by atoms with Crippen molar-refractivity contribution in [3.05, 3.63) is 29.8 Å². The zero-order valence-corrected chi connectivity index (χ0v) is 9.07. The number of nitrogens with zero attached hydrogens (tertiary/aromatic N) is 1. The third-order valence-electron chi connectivity index (χ3n) is 2.42. The smallest absolute Gasteiger partial charge is 0.141 e. The van der Waals surface area contributed by atoms with Gasteiger partial charge in [-0.25, -0.2) is 4.39 Å². The zero-order valence-electron chi connectivity index (χ0n) is 9.07. The van der Waals surface area contributed by atoms with Crippen molar-refractivity contribution in [2.45, 2.75) is 32.4 Å². The van der Waals surface area contributed by atoms with Gasteiger partial charge in [-0.1, -0.05) is 6.92 Å². The van der Waals surface area contributed by atoms with Crippen LogP contribution < -0.4 is 5.32 Å². The number of hydrogen-bond acceptors (Lipinski definition) is 3. The van der Waals surface area contributed by atoms with Crippen molar-refractivity contribution in [3.8, 4) is 0 Å². The summed E-state index contributed by atoms with van der Waals surface area (Å²) in [4.78, 5) is 3.79. The second kappa shape index (κ2) is 5.78. The van der Waals surface area contributed by atoms with Gasteiger partial charge in [0.2, 0.25) is 0 Å². The van der Waals surface area contributed by atoms with Gasteiger partial charge in [0.05, 0.1) is 12.8 Å². The molecule has 0 aliphatic heterocycles. The van der Waals surface area contributed by atoms with Gasteiger partial charge >= 0.3 is 0 Å². The molecule has 0 radical (unpaired) electrons. The second-order valence-corrected chi connectivity index (χ2v) is 3.61. The lowest BCUT2D eigenvalue weighted by Crippen LogP contribution is -2.33. The first-order chi connectivity index (χ1) is 7.17. The molecule has 0 fully saturated rings. The normalized spacial score (nSPS) is 14.9. The van der Waals surface area contributed by atoms with Gasteiger partial charge in [-0.05, 0) is 25.0 Å². The standard InChI is InChI=1S/C11H17FN2O/c1-3-11(7-15)14-8(2)9-4-10(12)6-13-5-9/h4-6,8,11,14-15H,3,7H2,1-2H3. The van der Waals surface area contributed by atoms with E-state index in [9.17, 15) is 4.39 Å². The van der Waals surface area contributed by atoms with E-state index in [1.54, 1.807) is 6.20 Å². The molecule has 0 spiro atoms. The Morgan fingerprint density at radius 1 is 1.53 bits per heavy atom. The Morgan fingerprint density at radius 2 is 2.27 bits per heavy atom. The van der Waals surface area contributed by atoms with Crippen LogP contribution >= 0.6 is 0 Å². The lowest BCUT2D eigenvalue weighted by Gasteiger charge is -2.20. The maximum atomic E-state index is 12.9. The van der Waals surface area contributed by atoms with Gasteiger partial charge in [0.1, 0.15) is 5.82 Å². The second-order valence-electron chi connectivity index (χ2n) is 3.61. The first kappa shape index (κ1) is 12.1. The Morgan fingerprint density at radius 3 is 2.80 bits per heavy atom. The van der Waals surface area contributed by atoms with Crippen LogP contribution in [0.1, 0.15) is 31.9 Å². The van der Waals surface area contributed by atoms with Crippen LogP contribution in [0, 0.1) is 5.82 Å². The predicted molar refractivity (Wildman–Crippen MR) is 56.9 cm³/mol. The van der Waals surface area contributed by atoms with E-state index in [1.165, 1.54) is 12.3 Å². The molecule has 0 saturated carbocycles. The van der Waals surface area contributed by atoms with Crippen molar-refractivity contribution >= 4 is 0 Å². The molecule has 2 atom stereocenters. The molecule has 0 bridgehead atoms. The molecule has 1 rings (SSSR count). The summed E-state index contributed by atoms with van der Waals surface area (Å²) in [7, 11) is 0. The van der Waals surface area contributed by atoms with Gasteiger partial charge < -0.3 is 10.4 Å². The van der Waals surface area contributed by atoms with Crippen molar-refractivity contribution < 1.29 is 9.50 Å². The van der Waals surface area contributed by atoms with E-state index in [0.29, 0.717) is 0 Å². The van der Waals surface area contributed by atoms with E-state index in [-0.39, 0.29) is 24.5 Å². The molecule has 1 aromatic rings. The van der Waals surface area contributed by atoms with Crippen molar-refractivity contribution in [3.63, 3.8) is 0 Å². The van der Waals surface area contributed by atoms with Crippen LogP contribution in [0.5, 0.6) is 0 Å². The fourth-order valence-electron chi connectivity index (χ4n) is 1.41. The molecule has 4 heteroatoms. The molecule has 0 aliphatic carbocycles. The number of aliphatic hydroxyl groups is 1. The summed E-state index contributed by atoms with van der Waals surface area (Å²) in [5.41, 5.74) is 0.793. The van der Waals surface area contributed by atoms with E-state index in [1.807, 2.05) is 13.8 Å². The average molecular weight is 212 g/mol. The van der Waals surface area contributed by atoms with Crippen LogP contribution in [0.3, 0.4) is 0 Å². The topological polar surface area (TPSA) is 45.1 Å². The van der Waals surface area contributed by atoms with Crippen LogP contribution in [-0.2, 0) is 0 Å². The molecular formula is C11H17FN2O. The summed E-state index contributed by atoms with van der Waals surface area (Å²) in [6, 6.07) is 1.49. The van der Waals surface area contributed by atoms with Crippen LogP contribution in [0.4, 0.5) is 4.39 Å². The monoisotopic (exact) mass is 212 g/mol. The summed E-state index contributed by atoms with van der Waals surface area (Å²) in [5, 5.41) is 12.2. The summed E-state index contributed by atoms with van der Waals surface area (Å²) in [6.07, 6.45) is 3.65. The summed E-state index contributed by atoms with van der Waals surface area (Å²) >= 11 is 0. The SMILES string of the molecule is CCC(CO)NC(C)c1cncc(F)c1. The minimum atomic E-state index is -0.335. The third-order valence-corrected chi connectivity index (χ3v) is 2.42. The van der Waals surface area contributed by atoms with Gasteiger partial charge in [0.25, 0.3) is 0 Å². The first-order valence-corrected chi connectivity index (χ1v) is 5.14. The molecule has 0 aromatic carbocycles. The Kier molecular flexibility index (Phi) is 4.65. The highest BCUT2D eigenvalue weighted by atomic mass is 19.1. The zero-order chi connectivity index (χ0) is 11.3. The van der Waals surface area contributed by atoms with Crippen molar-refractivity contribution in [1.82, 2.24) is 10.3 Å². The number of halogens is 1.